The lowest BCUT2D eigenvalue weighted by molar-refractivity contribution is 0.0993. The Morgan fingerprint density at radius 3 is 2.60 bits per heavy atom. The van der Waals surface area contributed by atoms with Crippen LogP contribution in [0.1, 0.15) is 32.6 Å². The maximum absolute atomic E-state index is 12.9. The molecule has 1 aromatic heterocycles. The van der Waals surface area contributed by atoms with Crippen molar-refractivity contribution in [3.8, 4) is 0 Å². The fourth-order valence-electron chi connectivity index (χ4n) is 3.07. The first-order valence-corrected chi connectivity index (χ1v) is 10.5. The predicted octanol–water partition coefficient (Wildman–Crippen LogP) is 3.07. The highest BCUT2D eigenvalue weighted by molar-refractivity contribution is 7.89. The molecule has 1 amide bonds. The lowest BCUT2D eigenvalue weighted by Gasteiger charge is -2.17. The summed E-state index contributed by atoms with van der Waals surface area (Å²) >= 11 is 1.55. The molecule has 2 aromatic rings. The van der Waals surface area contributed by atoms with Crippen LogP contribution in [-0.2, 0) is 22.9 Å². The minimum atomic E-state index is -3.46. The molecular weight excluding hydrogens is 356 g/mol. The average molecular weight is 379 g/mol. The number of nitrogens with zero attached hydrogens (tertiary/aromatic N) is 2. The van der Waals surface area contributed by atoms with Gasteiger partial charge in [-0.3, -0.25) is 4.79 Å². The fraction of sp³-hybridized carbons (Fsp3) is 0.389. The summed E-state index contributed by atoms with van der Waals surface area (Å²) in [5.41, 5.74) is 2.87. The number of rotatable bonds is 4. The van der Waals surface area contributed by atoms with Gasteiger partial charge in [-0.2, -0.15) is 0 Å². The lowest BCUT2D eigenvalue weighted by Crippen LogP contribution is -2.28. The van der Waals surface area contributed by atoms with Gasteiger partial charge in [0.05, 0.1) is 9.77 Å². The number of carbonyl (C=O) groups excluding carboxylic acids is 1. The van der Waals surface area contributed by atoms with E-state index in [2.05, 4.69) is 6.92 Å². The molecule has 0 spiro atoms. The SMILES string of the molecule is CCc1sc(C(=O)N2CCc3cc(S(=O)(=O)N(C)C)ccc32)cc1C. The minimum absolute atomic E-state index is 0.00485. The summed E-state index contributed by atoms with van der Waals surface area (Å²) in [6, 6.07) is 6.97. The van der Waals surface area contributed by atoms with Crippen molar-refractivity contribution < 1.29 is 13.2 Å². The summed E-state index contributed by atoms with van der Waals surface area (Å²) in [6.45, 7) is 4.70. The maximum Gasteiger partial charge on any atom is 0.268 e. The van der Waals surface area contributed by atoms with Gasteiger partial charge in [0, 0.05) is 31.2 Å². The average Bonchev–Trinajstić information content (AvgIpc) is 3.16. The molecule has 0 bridgehead atoms. The van der Waals surface area contributed by atoms with Crippen LogP contribution in [0.4, 0.5) is 5.69 Å². The number of thiophene rings is 1. The number of fused-ring (bicyclic) bond motifs is 1. The number of aryl methyl sites for hydroxylation is 2. The Bertz CT molecular complexity index is 930. The second-order valence-corrected chi connectivity index (χ2v) is 9.64. The third-order valence-electron chi connectivity index (χ3n) is 4.52. The van der Waals surface area contributed by atoms with Crippen molar-refractivity contribution in [2.45, 2.75) is 31.6 Å². The van der Waals surface area contributed by atoms with E-state index in [1.54, 1.807) is 34.4 Å². The molecule has 25 heavy (non-hydrogen) atoms. The van der Waals surface area contributed by atoms with E-state index < -0.39 is 10.0 Å². The fourth-order valence-corrected chi connectivity index (χ4v) is 5.09. The Morgan fingerprint density at radius 2 is 2.00 bits per heavy atom. The third kappa shape index (κ3) is 3.12. The molecule has 3 rings (SSSR count). The van der Waals surface area contributed by atoms with E-state index in [1.165, 1.54) is 23.3 Å². The highest BCUT2D eigenvalue weighted by Gasteiger charge is 2.29. The molecule has 0 fully saturated rings. The molecule has 5 nitrogen and oxygen atoms in total. The van der Waals surface area contributed by atoms with Crippen LogP contribution < -0.4 is 4.90 Å². The molecular formula is C18H22N2O3S2. The molecule has 0 radical (unpaired) electrons. The van der Waals surface area contributed by atoms with Gasteiger partial charge in [-0.15, -0.1) is 11.3 Å². The van der Waals surface area contributed by atoms with E-state index in [9.17, 15) is 13.2 Å². The van der Waals surface area contributed by atoms with Crippen LogP contribution in [-0.4, -0.2) is 39.3 Å². The van der Waals surface area contributed by atoms with Crippen LogP contribution in [0.5, 0.6) is 0 Å². The van der Waals surface area contributed by atoms with Crippen LogP contribution in [0.15, 0.2) is 29.2 Å². The zero-order valence-corrected chi connectivity index (χ0v) is 16.5. The Kier molecular flexibility index (Phi) is 4.74. The van der Waals surface area contributed by atoms with Crippen LogP contribution in [0, 0.1) is 6.92 Å². The van der Waals surface area contributed by atoms with Crippen molar-refractivity contribution >= 4 is 33.0 Å². The van der Waals surface area contributed by atoms with Gasteiger partial charge in [0.1, 0.15) is 0 Å². The second-order valence-electron chi connectivity index (χ2n) is 6.36. The van der Waals surface area contributed by atoms with Gasteiger partial charge in [0.15, 0.2) is 0 Å². The number of anilines is 1. The summed E-state index contributed by atoms with van der Waals surface area (Å²) in [5, 5.41) is 0. The van der Waals surface area contributed by atoms with Gasteiger partial charge in [0.2, 0.25) is 10.0 Å². The first-order chi connectivity index (χ1) is 11.8. The van der Waals surface area contributed by atoms with Gasteiger partial charge in [0.25, 0.3) is 5.91 Å². The molecule has 0 aliphatic carbocycles. The van der Waals surface area contributed by atoms with E-state index in [4.69, 9.17) is 0 Å². The number of amides is 1. The van der Waals surface area contributed by atoms with Crippen molar-refractivity contribution in [3.63, 3.8) is 0 Å². The lowest BCUT2D eigenvalue weighted by atomic mass is 10.2. The van der Waals surface area contributed by atoms with E-state index in [-0.39, 0.29) is 10.8 Å². The van der Waals surface area contributed by atoms with Crippen LogP contribution in [0.2, 0.25) is 0 Å². The Labute approximate surface area is 152 Å². The quantitative estimate of drug-likeness (QED) is 0.822. The number of carbonyl (C=O) groups is 1. The highest BCUT2D eigenvalue weighted by atomic mass is 32.2. The molecule has 0 saturated carbocycles. The van der Waals surface area contributed by atoms with Crippen molar-refractivity contribution in [1.82, 2.24) is 4.31 Å². The number of hydrogen-bond acceptors (Lipinski definition) is 4. The highest BCUT2D eigenvalue weighted by Crippen LogP contribution is 2.33. The number of benzene rings is 1. The van der Waals surface area contributed by atoms with E-state index in [1.807, 2.05) is 13.0 Å². The molecule has 0 unspecified atom stereocenters. The topological polar surface area (TPSA) is 57.7 Å². The maximum atomic E-state index is 12.9. The molecule has 1 aromatic carbocycles. The van der Waals surface area contributed by atoms with E-state index in [0.29, 0.717) is 13.0 Å². The monoisotopic (exact) mass is 378 g/mol. The standard InChI is InChI=1S/C18H22N2O3S2/c1-5-16-12(2)10-17(24-16)18(21)20-9-8-13-11-14(6-7-15(13)20)25(22,23)19(3)4/h6-7,10-11H,5,8-9H2,1-4H3. The molecule has 1 aliphatic rings. The van der Waals surface area contributed by atoms with Crippen molar-refractivity contribution in [1.29, 1.82) is 0 Å². The summed E-state index contributed by atoms with van der Waals surface area (Å²) < 4.78 is 25.8. The first kappa shape index (κ1) is 18.1. The molecule has 7 heteroatoms. The van der Waals surface area contributed by atoms with Gasteiger partial charge in [-0.05, 0) is 55.2 Å². The minimum Gasteiger partial charge on any atom is -0.307 e. The smallest absolute Gasteiger partial charge is 0.268 e. The number of hydrogen-bond donors (Lipinski definition) is 0. The number of sulfonamides is 1. The molecule has 1 aliphatic heterocycles. The van der Waals surface area contributed by atoms with Crippen molar-refractivity contribution in [3.05, 3.63) is 45.1 Å². The van der Waals surface area contributed by atoms with Crippen molar-refractivity contribution in [2.24, 2.45) is 0 Å². The largest absolute Gasteiger partial charge is 0.307 e. The summed E-state index contributed by atoms with van der Waals surface area (Å²) in [5.74, 6) is -0.00485. The van der Waals surface area contributed by atoms with Gasteiger partial charge < -0.3 is 4.90 Å². The molecule has 0 atom stereocenters. The van der Waals surface area contributed by atoms with E-state index >= 15 is 0 Å². The Balaban J connectivity index is 1.93. The van der Waals surface area contributed by atoms with Crippen LogP contribution in [0.3, 0.4) is 0 Å². The summed E-state index contributed by atoms with van der Waals surface area (Å²) in [7, 11) is -0.429. The van der Waals surface area contributed by atoms with Gasteiger partial charge in [-0.1, -0.05) is 6.92 Å². The second kappa shape index (κ2) is 6.55. The van der Waals surface area contributed by atoms with Gasteiger partial charge >= 0.3 is 0 Å². The Hall–Kier alpha value is -1.70. The summed E-state index contributed by atoms with van der Waals surface area (Å²) in [4.78, 5) is 16.9. The third-order valence-corrected chi connectivity index (χ3v) is 7.70. The Morgan fingerprint density at radius 1 is 1.28 bits per heavy atom. The zero-order valence-electron chi connectivity index (χ0n) is 14.9. The van der Waals surface area contributed by atoms with Crippen molar-refractivity contribution in [2.75, 3.05) is 25.5 Å². The summed E-state index contributed by atoms with van der Waals surface area (Å²) in [6.07, 6.45) is 1.59. The molecule has 134 valence electrons. The van der Waals surface area contributed by atoms with E-state index in [0.717, 1.165) is 28.1 Å². The van der Waals surface area contributed by atoms with Gasteiger partial charge in [-0.25, -0.2) is 12.7 Å². The zero-order chi connectivity index (χ0) is 18.4. The first-order valence-electron chi connectivity index (χ1n) is 8.22. The molecule has 2 heterocycles. The van der Waals surface area contributed by atoms with Crippen LogP contribution in [0.25, 0.3) is 0 Å². The normalized spacial score (nSPS) is 14.2. The molecule has 0 N–H and O–H groups in total. The molecule has 0 saturated heterocycles. The van der Waals surface area contributed by atoms with Crippen LogP contribution >= 0.6 is 11.3 Å². The predicted molar refractivity (Wildman–Crippen MR) is 101 cm³/mol.